The average Bonchev–Trinajstić information content (AvgIpc) is 3.11. The third-order valence-electron chi connectivity index (χ3n) is 5.73. The summed E-state index contributed by atoms with van der Waals surface area (Å²) in [6, 6.07) is 3.56. The molecule has 0 spiro atoms. The largest absolute Gasteiger partial charge is 0.504 e. The van der Waals surface area contributed by atoms with Crippen molar-refractivity contribution in [3.8, 4) is 11.5 Å². The molecule has 1 heterocycles. The predicted octanol–water partition coefficient (Wildman–Crippen LogP) is 4.22. The zero-order valence-electron chi connectivity index (χ0n) is 17.8. The second-order valence-electron chi connectivity index (χ2n) is 7.84. The number of thioether (sulfide) groups is 1. The van der Waals surface area contributed by atoms with Gasteiger partial charge in [0, 0.05) is 44.5 Å². The molecule has 0 bridgehead atoms. The Balaban J connectivity index is 1.92. The average molecular weight is 419 g/mol. The van der Waals surface area contributed by atoms with Gasteiger partial charge in [-0.05, 0) is 30.9 Å². The Bertz CT molecular complexity index is 810. The van der Waals surface area contributed by atoms with Crippen molar-refractivity contribution >= 4 is 11.8 Å². The quantitative estimate of drug-likeness (QED) is 0.232. The number of hydrogen-bond acceptors (Lipinski definition) is 6. The molecule has 2 aromatic rings. The number of imidazole rings is 1. The van der Waals surface area contributed by atoms with E-state index in [2.05, 4.69) is 33.8 Å². The fourth-order valence-electron chi connectivity index (χ4n) is 4.12. The van der Waals surface area contributed by atoms with Crippen molar-refractivity contribution in [2.75, 3.05) is 13.1 Å². The Kier molecular flexibility index (Phi) is 7.49. The van der Waals surface area contributed by atoms with Crippen molar-refractivity contribution in [3.63, 3.8) is 0 Å². The molecule has 1 unspecified atom stereocenters. The number of benzene rings is 1. The highest BCUT2D eigenvalue weighted by Crippen LogP contribution is 2.47. The molecule has 6 nitrogen and oxygen atoms in total. The molecule has 1 aromatic heterocycles. The van der Waals surface area contributed by atoms with E-state index in [0.717, 1.165) is 55.1 Å². The number of rotatable bonds is 10. The van der Waals surface area contributed by atoms with E-state index in [1.54, 1.807) is 17.8 Å². The molecule has 0 saturated heterocycles. The molecule has 0 amide bonds. The zero-order valence-corrected chi connectivity index (χ0v) is 18.6. The summed E-state index contributed by atoms with van der Waals surface area (Å²) in [5.74, 6) is 0.00662. The van der Waals surface area contributed by atoms with Crippen molar-refractivity contribution in [3.05, 3.63) is 35.7 Å². The minimum Gasteiger partial charge on any atom is -0.504 e. The maximum Gasteiger partial charge on any atom is 0.169 e. The summed E-state index contributed by atoms with van der Waals surface area (Å²) in [5.41, 5.74) is 5.60. The fraction of sp³-hybridized carbons (Fsp3) is 0.591. The second-order valence-corrected chi connectivity index (χ2v) is 9.17. The molecule has 0 radical (unpaired) electrons. The molecule has 1 atom stereocenters. The third-order valence-corrected chi connectivity index (χ3v) is 7.25. The van der Waals surface area contributed by atoms with E-state index in [0.29, 0.717) is 0 Å². The van der Waals surface area contributed by atoms with Gasteiger partial charge in [-0.1, -0.05) is 50.9 Å². The van der Waals surface area contributed by atoms with Gasteiger partial charge in [0.05, 0.1) is 4.87 Å². The molecule has 0 aliphatic heterocycles. The number of hydrazine groups is 1. The van der Waals surface area contributed by atoms with Crippen LogP contribution in [0.3, 0.4) is 0 Å². The Labute approximate surface area is 178 Å². The minimum atomic E-state index is -0.197. The van der Waals surface area contributed by atoms with E-state index >= 15 is 0 Å². The lowest BCUT2D eigenvalue weighted by atomic mass is 9.86. The number of phenols is 2. The Morgan fingerprint density at radius 2 is 2.07 bits per heavy atom. The summed E-state index contributed by atoms with van der Waals surface area (Å²) < 4.78 is 2.07. The number of fused-ring (bicyclic) bond motifs is 1. The van der Waals surface area contributed by atoms with Gasteiger partial charge < -0.3 is 14.8 Å². The molecule has 29 heavy (non-hydrogen) atoms. The van der Waals surface area contributed by atoms with E-state index in [1.165, 1.54) is 19.3 Å². The summed E-state index contributed by atoms with van der Waals surface area (Å²) >= 11 is 1.80. The van der Waals surface area contributed by atoms with Crippen molar-refractivity contribution in [1.29, 1.82) is 0 Å². The Morgan fingerprint density at radius 3 is 2.76 bits per heavy atom. The van der Waals surface area contributed by atoms with Crippen LogP contribution < -0.4 is 5.43 Å². The summed E-state index contributed by atoms with van der Waals surface area (Å²) in [7, 11) is 2.03. The van der Waals surface area contributed by atoms with Crippen LogP contribution in [0, 0.1) is 0 Å². The molecule has 0 saturated carbocycles. The van der Waals surface area contributed by atoms with Crippen LogP contribution in [0.1, 0.15) is 57.1 Å². The van der Waals surface area contributed by atoms with Gasteiger partial charge in [-0.3, -0.25) is 5.43 Å². The fourth-order valence-corrected chi connectivity index (χ4v) is 5.48. The molecular weight excluding hydrogens is 384 g/mol. The molecule has 160 valence electrons. The van der Waals surface area contributed by atoms with Crippen LogP contribution in [-0.4, -0.2) is 42.7 Å². The van der Waals surface area contributed by atoms with Crippen LogP contribution in [0.2, 0.25) is 0 Å². The SMILES string of the molecule is CCCCCCN(NCC)C1(Sc2nccn2C)CCc2c(ccc(O)c2O)C1. The number of phenolic OH excluding ortho intramolecular Hbond substituents is 2. The molecule has 1 aliphatic carbocycles. The van der Waals surface area contributed by atoms with Crippen molar-refractivity contribution < 1.29 is 10.2 Å². The number of nitrogens with zero attached hydrogens (tertiary/aromatic N) is 3. The van der Waals surface area contributed by atoms with Crippen LogP contribution in [0.4, 0.5) is 0 Å². The van der Waals surface area contributed by atoms with E-state index in [9.17, 15) is 10.2 Å². The van der Waals surface area contributed by atoms with Crippen LogP contribution in [-0.2, 0) is 19.9 Å². The Hall–Kier alpha value is -1.70. The van der Waals surface area contributed by atoms with Gasteiger partial charge >= 0.3 is 0 Å². The van der Waals surface area contributed by atoms with Crippen molar-refractivity contribution in [2.24, 2.45) is 7.05 Å². The molecule has 1 aliphatic rings. The van der Waals surface area contributed by atoms with Crippen LogP contribution >= 0.6 is 11.8 Å². The van der Waals surface area contributed by atoms with Gasteiger partial charge in [0.15, 0.2) is 16.7 Å². The van der Waals surface area contributed by atoms with E-state index < -0.39 is 0 Å². The first-order valence-corrected chi connectivity index (χ1v) is 11.5. The van der Waals surface area contributed by atoms with Crippen LogP contribution in [0.5, 0.6) is 11.5 Å². The first-order valence-electron chi connectivity index (χ1n) is 10.7. The molecule has 0 fully saturated rings. The summed E-state index contributed by atoms with van der Waals surface area (Å²) in [5, 5.41) is 23.7. The maximum atomic E-state index is 10.4. The number of hydrogen-bond donors (Lipinski definition) is 3. The van der Waals surface area contributed by atoms with E-state index in [1.807, 2.05) is 25.5 Å². The van der Waals surface area contributed by atoms with Gasteiger partial charge in [0.1, 0.15) is 0 Å². The van der Waals surface area contributed by atoms with Gasteiger partial charge in [-0.2, -0.15) is 0 Å². The summed E-state index contributed by atoms with van der Waals surface area (Å²) in [6.45, 7) is 6.22. The molecular formula is C22H34N4O2S. The second kappa shape index (κ2) is 9.87. The van der Waals surface area contributed by atoms with Crippen LogP contribution in [0.25, 0.3) is 0 Å². The zero-order chi connectivity index (χ0) is 20.9. The van der Waals surface area contributed by atoms with Crippen molar-refractivity contribution in [2.45, 2.75) is 68.8 Å². The first-order chi connectivity index (χ1) is 14.0. The minimum absolute atomic E-state index is 0.0314. The number of unbranched alkanes of at least 4 members (excludes halogenated alkanes) is 3. The normalized spacial score (nSPS) is 18.9. The lowest BCUT2D eigenvalue weighted by Gasteiger charge is -2.46. The molecule has 7 heteroatoms. The lowest BCUT2D eigenvalue weighted by molar-refractivity contribution is 0.0869. The highest BCUT2D eigenvalue weighted by atomic mass is 32.2. The monoisotopic (exact) mass is 418 g/mol. The predicted molar refractivity (Wildman–Crippen MR) is 118 cm³/mol. The number of aromatic nitrogens is 2. The van der Waals surface area contributed by atoms with Gasteiger partial charge in [-0.25, -0.2) is 9.99 Å². The number of nitrogens with one attached hydrogen (secondary N) is 1. The van der Waals surface area contributed by atoms with E-state index in [4.69, 9.17) is 0 Å². The Morgan fingerprint density at radius 1 is 1.24 bits per heavy atom. The van der Waals surface area contributed by atoms with Crippen molar-refractivity contribution in [1.82, 2.24) is 20.0 Å². The lowest BCUT2D eigenvalue weighted by Crippen LogP contribution is -2.56. The standard InChI is InChI=1S/C22H34N4O2S/c1-4-6-7-8-14-26(24-5-2)22(29-21-23-13-15-25(21)3)12-11-18-17(16-22)9-10-19(27)20(18)28/h9-10,13,15,24,27-28H,4-8,11-12,14,16H2,1-3H3. The number of aryl methyl sites for hydroxylation is 1. The summed E-state index contributed by atoms with van der Waals surface area (Å²) in [6.07, 6.45) is 11.1. The third kappa shape index (κ3) is 4.90. The highest BCUT2D eigenvalue weighted by Gasteiger charge is 2.42. The molecule has 3 N–H and O–H groups in total. The molecule has 1 aromatic carbocycles. The number of aromatic hydroxyl groups is 2. The van der Waals surface area contributed by atoms with Gasteiger partial charge in [0.2, 0.25) is 0 Å². The summed E-state index contributed by atoms with van der Waals surface area (Å²) in [4.78, 5) is 4.38. The maximum absolute atomic E-state index is 10.4. The van der Waals surface area contributed by atoms with E-state index in [-0.39, 0.29) is 16.4 Å². The first kappa shape index (κ1) is 22.0. The topological polar surface area (TPSA) is 73.6 Å². The van der Waals surface area contributed by atoms with Gasteiger partial charge in [0.25, 0.3) is 0 Å². The molecule has 3 rings (SSSR count). The highest BCUT2D eigenvalue weighted by molar-refractivity contribution is 8.00. The van der Waals surface area contributed by atoms with Gasteiger partial charge in [-0.15, -0.1) is 0 Å². The van der Waals surface area contributed by atoms with Crippen LogP contribution in [0.15, 0.2) is 29.7 Å². The smallest absolute Gasteiger partial charge is 0.169 e.